The van der Waals surface area contributed by atoms with Gasteiger partial charge in [-0.25, -0.2) is 4.79 Å². The van der Waals surface area contributed by atoms with E-state index in [0.717, 1.165) is 4.47 Å². The van der Waals surface area contributed by atoms with E-state index in [1.807, 2.05) is 6.07 Å². The summed E-state index contributed by atoms with van der Waals surface area (Å²) in [6.45, 7) is 3.15. The van der Waals surface area contributed by atoms with Crippen LogP contribution >= 0.6 is 15.9 Å². The standard InChI is InChI=1S/C12H13BrN2O3/c1-3-18-12(17)11(8(2)16)15-14-10-7-5-4-6-9(10)13/h4-7,11H,3H2,1-2H3. The predicted octanol–water partition coefficient (Wildman–Crippen LogP) is 3.05. The lowest BCUT2D eigenvalue weighted by Gasteiger charge is -2.06. The van der Waals surface area contributed by atoms with E-state index in [2.05, 4.69) is 26.2 Å². The quantitative estimate of drug-likeness (QED) is 0.476. The van der Waals surface area contributed by atoms with Gasteiger partial charge in [-0.2, -0.15) is 10.2 Å². The predicted molar refractivity (Wildman–Crippen MR) is 69.8 cm³/mol. The maximum absolute atomic E-state index is 11.5. The number of halogens is 1. The number of hydrogen-bond acceptors (Lipinski definition) is 5. The van der Waals surface area contributed by atoms with E-state index < -0.39 is 17.8 Å². The second-order valence-electron chi connectivity index (χ2n) is 3.43. The number of hydrogen-bond donors (Lipinski definition) is 0. The van der Waals surface area contributed by atoms with Gasteiger partial charge in [0.25, 0.3) is 0 Å². The SMILES string of the molecule is CCOC(=O)C(N=Nc1ccccc1Br)C(C)=O. The molecule has 5 nitrogen and oxygen atoms in total. The van der Waals surface area contributed by atoms with Crippen LogP contribution in [-0.4, -0.2) is 24.4 Å². The number of Topliss-reactive ketones (excluding diaryl/α,β-unsaturated/α-hetero) is 1. The van der Waals surface area contributed by atoms with Crippen molar-refractivity contribution < 1.29 is 14.3 Å². The van der Waals surface area contributed by atoms with E-state index in [9.17, 15) is 9.59 Å². The van der Waals surface area contributed by atoms with Gasteiger partial charge >= 0.3 is 5.97 Å². The third-order valence-corrected chi connectivity index (χ3v) is 2.70. The first-order chi connectivity index (χ1) is 8.56. The first-order valence-electron chi connectivity index (χ1n) is 5.38. The van der Waals surface area contributed by atoms with Crippen LogP contribution in [0.5, 0.6) is 0 Å². The molecule has 0 aliphatic carbocycles. The molecule has 0 amide bonds. The van der Waals surface area contributed by atoms with Crippen LogP contribution in [0.1, 0.15) is 13.8 Å². The van der Waals surface area contributed by atoms with Crippen molar-refractivity contribution in [3.05, 3.63) is 28.7 Å². The third-order valence-electron chi connectivity index (χ3n) is 2.03. The van der Waals surface area contributed by atoms with Crippen molar-refractivity contribution in [2.75, 3.05) is 6.61 Å². The number of benzene rings is 1. The van der Waals surface area contributed by atoms with Crippen LogP contribution in [0.15, 0.2) is 39.0 Å². The Morgan fingerprint density at radius 3 is 2.61 bits per heavy atom. The number of nitrogens with zero attached hydrogens (tertiary/aromatic N) is 2. The summed E-state index contributed by atoms with van der Waals surface area (Å²) in [6, 6.07) is 5.93. The molecule has 0 aromatic heterocycles. The molecule has 1 atom stereocenters. The highest BCUT2D eigenvalue weighted by atomic mass is 79.9. The molecule has 1 aromatic carbocycles. The zero-order chi connectivity index (χ0) is 13.5. The highest BCUT2D eigenvalue weighted by Crippen LogP contribution is 2.24. The van der Waals surface area contributed by atoms with Crippen molar-refractivity contribution in [1.82, 2.24) is 0 Å². The summed E-state index contributed by atoms with van der Waals surface area (Å²) in [5.74, 6) is -1.08. The Morgan fingerprint density at radius 2 is 2.06 bits per heavy atom. The number of ether oxygens (including phenoxy) is 1. The minimum absolute atomic E-state index is 0.202. The smallest absolute Gasteiger partial charge is 0.340 e. The normalized spacial score (nSPS) is 12.4. The first-order valence-corrected chi connectivity index (χ1v) is 6.18. The molecular formula is C12H13BrN2O3. The molecule has 6 heteroatoms. The van der Waals surface area contributed by atoms with Gasteiger partial charge in [0, 0.05) is 4.47 Å². The maximum atomic E-state index is 11.5. The second-order valence-corrected chi connectivity index (χ2v) is 4.29. The molecule has 0 aliphatic heterocycles. The van der Waals surface area contributed by atoms with Crippen LogP contribution in [0.25, 0.3) is 0 Å². The highest BCUT2D eigenvalue weighted by molar-refractivity contribution is 9.10. The third kappa shape index (κ3) is 4.03. The number of carbonyl (C=O) groups is 2. The summed E-state index contributed by atoms with van der Waals surface area (Å²) < 4.78 is 5.49. The molecule has 0 heterocycles. The summed E-state index contributed by atoms with van der Waals surface area (Å²) in [6.07, 6.45) is 0. The average molecular weight is 313 g/mol. The van der Waals surface area contributed by atoms with Crippen LogP contribution in [0, 0.1) is 0 Å². The molecule has 1 unspecified atom stereocenters. The molecule has 1 rings (SSSR count). The molecule has 0 radical (unpaired) electrons. The summed E-state index contributed by atoms with van der Waals surface area (Å²) in [4.78, 5) is 22.8. The number of esters is 1. The van der Waals surface area contributed by atoms with E-state index in [1.165, 1.54) is 6.92 Å². The summed E-state index contributed by atoms with van der Waals surface area (Å²) >= 11 is 3.30. The van der Waals surface area contributed by atoms with Gasteiger partial charge in [-0.3, -0.25) is 4.79 Å². The van der Waals surface area contributed by atoms with Crippen LogP contribution in [0.2, 0.25) is 0 Å². The number of ketones is 1. The van der Waals surface area contributed by atoms with Gasteiger partial charge in [0.2, 0.25) is 6.04 Å². The van der Waals surface area contributed by atoms with Gasteiger partial charge in [-0.15, -0.1) is 0 Å². The largest absolute Gasteiger partial charge is 0.464 e. The molecule has 0 saturated carbocycles. The Kier molecular flexibility index (Phi) is 5.64. The molecule has 0 aliphatic rings. The lowest BCUT2D eigenvalue weighted by molar-refractivity contribution is -0.147. The summed E-state index contributed by atoms with van der Waals surface area (Å²) in [5.41, 5.74) is 0.549. The highest BCUT2D eigenvalue weighted by Gasteiger charge is 2.24. The van der Waals surface area contributed by atoms with Crippen molar-refractivity contribution in [2.45, 2.75) is 19.9 Å². The van der Waals surface area contributed by atoms with Crippen LogP contribution in [0.4, 0.5) is 5.69 Å². The number of azo groups is 1. The zero-order valence-electron chi connectivity index (χ0n) is 10.1. The van der Waals surface area contributed by atoms with Gasteiger partial charge in [-0.05, 0) is 41.9 Å². The minimum Gasteiger partial charge on any atom is -0.464 e. The fraction of sp³-hybridized carbons (Fsp3) is 0.333. The van der Waals surface area contributed by atoms with Crippen molar-refractivity contribution in [2.24, 2.45) is 10.2 Å². The second kappa shape index (κ2) is 7.00. The molecular weight excluding hydrogens is 300 g/mol. The van der Waals surface area contributed by atoms with Gasteiger partial charge in [0.1, 0.15) is 0 Å². The Balaban J connectivity index is 2.88. The van der Waals surface area contributed by atoms with Gasteiger partial charge in [0.05, 0.1) is 12.3 Å². The number of rotatable bonds is 5. The van der Waals surface area contributed by atoms with Gasteiger partial charge < -0.3 is 4.74 Å². The Morgan fingerprint density at radius 1 is 1.39 bits per heavy atom. The van der Waals surface area contributed by atoms with E-state index >= 15 is 0 Å². The molecule has 18 heavy (non-hydrogen) atoms. The maximum Gasteiger partial charge on any atom is 0.340 e. The van der Waals surface area contributed by atoms with E-state index in [4.69, 9.17) is 4.74 Å². The lowest BCUT2D eigenvalue weighted by Crippen LogP contribution is -2.28. The fourth-order valence-electron chi connectivity index (χ4n) is 1.17. The fourth-order valence-corrected chi connectivity index (χ4v) is 1.53. The molecule has 1 aromatic rings. The molecule has 0 spiro atoms. The van der Waals surface area contributed by atoms with Gasteiger partial charge in [0.15, 0.2) is 5.78 Å². The first kappa shape index (κ1) is 14.5. The van der Waals surface area contributed by atoms with Gasteiger partial charge in [-0.1, -0.05) is 12.1 Å². The summed E-state index contributed by atoms with van der Waals surface area (Å²) in [7, 11) is 0. The van der Waals surface area contributed by atoms with Crippen LogP contribution in [-0.2, 0) is 14.3 Å². The van der Waals surface area contributed by atoms with E-state index in [1.54, 1.807) is 25.1 Å². The topological polar surface area (TPSA) is 68.1 Å². The Bertz CT molecular complexity index is 474. The Hall–Kier alpha value is -1.56. The summed E-state index contributed by atoms with van der Waals surface area (Å²) in [5, 5.41) is 7.63. The molecule has 96 valence electrons. The molecule has 0 fully saturated rings. The van der Waals surface area contributed by atoms with Crippen molar-refractivity contribution in [1.29, 1.82) is 0 Å². The van der Waals surface area contributed by atoms with Crippen molar-refractivity contribution in [3.63, 3.8) is 0 Å². The molecule has 0 bridgehead atoms. The Labute approximate surface area is 113 Å². The van der Waals surface area contributed by atoms with Crippen molar-refractivity contribution >= 4 is 33.4 Å². The van der Waals surface area contributed by atoms with E-state index in [0.29, 0.717) is 5.69 Å². The monoisotopic (exact) mass is 312 g/mol. The minimum atomic E-state index is -1.20. The lowest BCUT2D eigenvalue weighted by atomic mass is 10.2. The van der Waals surface area contributed by atoms with Crippen LogP contribution in [0.3, 0.4) is 0 Å². The number of carbonyl (C=O) groups excluding carboxylic acids is 2. The van der Waals surface area contributed by atoms with Crippen LogP contribution < -0.4 is 0 Å². The van der Waals surface area contributed by atoms with Crippen molar-refractivity contribution in [3.8, 4) is 0 Å². The molecule has 0 saturated heterocycles. The average Bonchev–Trinajstić information content (AvgIpc) is 2.31. The van der Waals surface area contributed by atoms with E-state index in [-0.39, 0.29) is 6.61 Å². The molecule has 0 N–H and O–H groups in total. The zero-order valence-corrected chi connectivity index (χ0v) is 11.7.